The summed E-state index contributed by atoms with van der Waals surface area (Å²) in [6, 6.07) is 5.31. The van der Waals surface area contributed by atoms with Crippen molar-refractivity contribution in [3.05, 3.63) is 44.9 Å². The minimum Gasteiger partial charge on any atom is -0.350 e. The summed E-state index contributed by atoms with van der Waals surface area (Å²) in [5, 5.41) is 3.71. The first-order valence-corrected chi connectivity index (χ1v) is 11.2. The smallest absolute Gasteiger partial charge is 0.263 e. The fourth-order valence-corrected chi connectivity index (χ4v) is 5.17. The lowest BCUT2D eigenvalue weighted by atomic mass is 10.1. The summed E-state index contributed by atoms with van der Waals surface area (Å²) in [6.45, 7) is 9.98. The lowest BCUT2D eigenvalue weighted by Gasteiger charge is -2.10. The first-order chi connectivity index (χ1) is 12.6. The molecule has 0 bridgehead atoms. The monoisotopic (exact) mass is 409 g/mol. The maximum atomic E-state index is 12.4. The number of hydrogen-bond acceptors (Lipinski definition) is 5. The number of carbonyl (C=O) groups is 1. The fraction of sp³-hybridized carbons (Fsp3) is 0.474. The lowest BCUT2D eigenvalue weighted by molar-refractivity contribution is 0.0957. The summed E-state index contributed by atoms with van der Waals surface area (Å²) in [4.78, 5) is 17.6. The summed E-state index contributed by atoms with van der Waals surface area (Å²) >= 11 is 1.40. The van der Waals surface area contributed by atoms with Crippen LogP contribution in [0.4, 0.5) is 0 Å². The van der Waals surface area contributed by atoms with E-state index in [0.717, 1.165) is 17.0 Å². The molecule has 0 unspecified atom stereocenters. The Morgan fingerprint density at radius 3 is 2.56 bits per heavy atom. The average molecular weight is 410 g/mol. The molecule has 0 saturated carbocycles. The Kier molecular flexibility index (Phi) is 7.13. The third-order valence-electron chi connectivity index (χ3n) is 3.97. The molecule has 1 heterocycles. The first-order valence-electron chi connectivity index (χ1n) is 8.91. The van der Waals surface area contributed by atoms with E-state index in [1.165, 1.54) is 11.3 Å². The number of carbonyl (C=O) groups excluding carboxylic acids is 1. The number of benzene rings is 1. The maximum absolute atomic E-state index is 12.4. The van der Waals surface area contributed by atoms with E-state index in [0.29, 0.717) is 22.1 Å². The molecule has 0 aliphatic heterocycles. The van der Waals surface area contributed by atoms with Crippen molar-refractivity contribution in [1.29, 1.82) is 0 Å². The van der Waals surface area contributed by atoms with Crippen molar-refractivity contribution < 1.29 is 13.2 Å². The van der Waals surface area contributed by atoms with Gasteiger partial charge in [-0.15, -0.1) is 11.3 Å². The Morgan fingerprint density at radius 1 is 1.19 bits per heavy atom. The molecule has 0 atom stereocenters. The highest BCUT2D eigenvalue weighted by molar-refractivity contribution is 7.89. The number of hydrogen-bond donors (Lipinski definition) is 2. The van der Waals surface area contributed by atoms with E-state index >= 15 is 0 Å². The molecule has 0 aliphatic rings. The quantitative estimate of drug-likeness (QED) is 0.656. The topological polar surface area (TPSA) is 88.2 Å². The van der Waals surface area contributed by atoms with Crippen LogP contribution >= 0.6 is 11.3 Å². The standard InChI is InChI=1S/C19H27N3O3S2/c1-12(2)10-17-22-15(5)18(26-17)19(23)20-8-9-21-27(24,25)16-11-13(3)6-7-14(16)4/h6-7,11-12,21H,8-10H2,1-5H3,(H,20,23). The van der Waals surface area contributed by atoms with Crippen LogP contribution in [0.3, 0.4) is 0 Å². The van der Waals surface area contributed by atoms with Gasteiger partial charge in [0.25, 0.3) is 5.91 Å². The normalized spacial score (nSPS) is 11.8. The van der Waals surface area contributed by atoms with E-state index in [4.69, 9.17) is 0 Å². The summed E-state index contributed by atoms with van der Waals surface area (Å²) in [6.07, 6.45) is 0.842. The number of nitrogens with one attached hydrogen (secondary N) is 2. The Hall–Kier alpha value is -1.77. The van der Waals surface area contributed by atoms with Gasteiger partial charge in [-0.25, -0.2) is 18.1 Å². The van der Waals surface area contributed by atoms with Crippen molar-refractivity contribution in [1.82, 2.24) is 15.0 Å². The summed E-state index contributed by atoms with van der Waals surface area (Å²) in [5.74, 6) is 0.261. The molecule has 1 aromatic carbocycles. The molecule has 0 aliphatic carbocycles. The average Bonchev–Trinajstić information content (AvgIpc) is 2.93. The van der Waals surface area contributed by atoms with Gasteiger partial charge in [-0.3, -0.25) is 4.79 Å². The second-order valence-electron chi connectivity index (χ2n) is 7.04. The third-order valence-corrected chi connectivity index (χ3v) is 6.75. The van der Waals surface area contributed by atoms with Gasteiger partial charge in [-0.2, -0.15) is 0 Å². The van der Waals surface area contributed by atoms with Gasteiger partial charge in [-0.05, 0) is 43.9 Å². The minimum absolute atomic E-state index is 0.123. The predicted molar refractivity (Wildman–Crippen MR) is 109 cm³/mol. The molecular formula is C19H27N3O3S2. The Labute approximate surface area is 165 Å². The van der Waals surface area contributed by atoms with E-state index < -0.39 is 10.0 Å². The van der Waals surface area contributed by atoms with Crippen LogP contribution in [0.5, 0.6) is 0 Å². The molecule has 0 fully saturated rings. The van der Waals surface area contributed by atoms with Gasteiger partial charge in [0.2, 0.25) is 10.0 Å². The summed E-state index contributed by atoms with van der Waals surface area (Å²) in [7, 11) is -3.60. The highest BCUT2D eigenvalue weighted by Gasteiger charge is 2.18. The van der Waals surface area contributed by atoms with Crippen molar-refractivity contribution in [2.45, 2.75) is 45.9 Å². The SMILES string of the molecule is Cc1ccc(C)c(S(=O)(=O)NCCNC(=O)c2sc(CC(C)C)nc2C)c1. The van der Waals surface area contributed by atoms with Gasteiger partial charge in [-0.1, -0.05) is 26.0 Å². The fourth-order valence-electron chi connectivity index (χ4n) is 2.62. The van der Waals surface area contributed by atoms with Gasteiger partial charge in [0.05, 0.1) is 15.6 Å². The Bertz CT molecular complexity index is 918. The molecule has 1 amide bonds. The molecular weight excluding hydrogens is 382 g/mol. The van der Waals surface area contributed by atoms with E-state index in [1.807, 2.05) is 19.9 Å². The molecule has 8 heteroatoms. The van der Waals surface area contributed by atoms with E-state index in [2.05, 4.69) is 28.9 Å². The highest BCUT2D eigenvalue weighted by atomic mass is 32.2. The Morgan fingerprint density at radius 2 is 1.89 bits per heavy atom. The van der Waals surface area contributed by atoms with Gasteiger partial charge in [0.1, 0.15) is 4.88 Å². The van der Waals surface area contributed by atoms with Crippen LogP contribution in [0.2, 0.25) is 0 Å². The number of aromatic nitrogens is 1. The minimum atomic E-state index is -3.60. The molecule has 148 valence electrons. The number of sulfonamides is 1. The summed E-state index contributed by atoms with van der Waals surface area (Å²) < 4.78 is 27.4. The number of nitrogens with zero attached hydrogens (tertiary/aromatic N) is 1. The van der Waals surface area contributed by atoms with Crippen molar-refractivity contribution >= 4 is 27.3 Å². The third kappa shape index (κ3) is 5.85. The van der Waals surface area contributed by atoms with Gasteiger partial charge >= 0.3 is 0 Å². The van der Waals surface area contributed by atoms with Crippen LogP contribution in [0.25, 0.3) is 0 Å². The second-order valence-corrected chi connectivity index (χ2v) is 9.86. The number of amides is 1. The molecule has 1 aromatic heterocycles. The predicted octanol–water partition coefficient (Wildman–Crippen LogP) is 2.98. The van der Waals surface area contributed by atoms with Crippen LogP contribution in [0.15, 0.2) is 23.1 Å². The van der Waals surface area contributed by atoms with Crippen LogP contribution < -0.4 is 10.0 Å². The first kappa shape index (κ1) is 21.5. The zero-order chi connectivity index (χ0) is 20.2. The molecule has 0 radical (unpaired) electrons. The van der Waals surface area contributed by atoms with Crippen LogP contribution in [-0.4, -0.2) is 32.4 Å². The molecule has 0 saturated heterocycles. The molecule has 27 heavy (non-hydrogen) atoms. The van der Waals surface area contributed by atoms with Crippen LogP contribution in [-0.2, 0) is 16.4 Å². The zero-order valence-corrected chi connectivity index (χ0v) is 18.1. The molecule has 2 rings (SSSR count). The van der Waals surface area contributed by atoms with Gasteiger partial charge < -0.3 is 5.32 Å². The van der Waals surface area contributed by atoms with Gasteiger partial charge in [0, 0.05) is 19.5 Å². The largest absolute Gasteiger partial charge is 0.350 e. The number of aryl methyl sites for hydroxylation is 3. The number of rotatable bonds is 8. The van der Waals surface area contributed by atoms with Crippen molar-refractivity contribution in [2.24, 2.45) is 5.92 Å². The van der Waals surface area contributed by atoms with Crippen molar-refractivity contribution in [2.75, 3.05) is 13.1 Å². The highest BCUT2D eigenvalue weighted by Crippen LogP contribution is 2.20. The molecule has 2 N–H and O–H groups in total. The summed E-state index contributed by atoms with van der Waals surface area (Å²) in [5.41, 5.74) is 2.28. The van der Waals surface area contributed by atoms with E-state index in [-0.39, 0.29) is 23.9 Å². The molecule has 6 nitrogen and oxygen atoms in total. The van der Waals surface area contributed by atoms with Crippen molar-refractivity contribution in [3.8, 4) is 0 Å². The van der Waals surface area contributed by atoms with Crippen molar-refractivity contribution in [3.63, 3.8) is 0 Å². The molecule has 2 aromatic rings. The van der Waals surface area contributed by atoms with E-state index in [9.17, 15) is 13.2 Å². The van der Waals surface area contributed by atoms with Crippen LogP contribution in [0, 0.1) is 26.7 Å². The van der Waals surface area contributed by atoms with E-state index in [1.54, 1.807) is 19.1 Å². The zero-order valence-electron chi connectivity index (χ0n) is 16.4. The Balaban J connectivity index is 1.92. The second kappa shape index (κ2) is 8.95. The number of thiazole rings is 1. The lowest BCUT2D eigenvalue weighted by Crippen LogP contribution is -2.34. The van der Waals surface area contributed by atoms with Gasteiger partial charge in [0.15, 0.2) is 0 Å². The maximum Gasteiger partial charge on any atom is 0.263 e. The molecule has 0 spiro atoms. The van der Waals surface area contributed by atoms with Crippen LogP contribution in [0.1, 0.15) is 45.3 Å².